The average Bonchev–Trinajstić information content (AvgIpc) is 3.32. The topological polar surface area (TPSA) is 66.7 Å². The number of pyridine rings is 1. The fourth-order valence-corrected chi connectivity index (χ4v) is 5.72. The van der Waals surface area contributed by atoms with Crippen molar-refractivity contribution in [3.63, 3.8) is 0 Å². The van der Waals surface area contributed by atoms with Gasteiger partial charge in [0.05, 0.1) is 25.3 Å². The van der Waals surface area contributed by atoms with Gasteiger partial charge in [0, 0.05) is 49.7 Å². The van der Waals surface area contributed by atoms with Crippen molar-refractivity contribution in [1.29, 1.82) is 0 Å². The third-order valence-corrected chi connectivity index (χ3v) is 7.59. The second-order valence-corrected chi connectivity index (χ2v) is 9.97. The number of urea groups is 1. The van der Waals surface area contributed by atoms with Crippen molar-refractivity contribution in [2.24, 2.45) is 7.05 Å². The number of carbonyl (C=O) groups is 1. The fourth-order valence-electron chi connectivity index (χ4n) is 5.72. The highest BCUT2D eigenvalue weighted by molar-refractivity contribution is 5.94. The van der Waals surface area contributed by atoms with Crippen molar-refractivity contribution < 1.29 is 31.5 Å². The number of halogens is 5. The number of alkyl halides is 5. The van der Waals surface area contributed by atoms with Crippen LogP contribution in [0.5, 0.6) is 5.88 Å². The Balaban J connectivity index is 1.43. The van der Waals surface area contributed by atoms with E-state index in [-0.39, 0.29) is 41.3 Å². The number of piperidine rings is 1. The molecule has 0 N–H and O–H groups in total. The Morgan fingerprint density at radius 2 is 1.82 bits per heavy atom. The standard InChI is InChI=1S/C27H29F5N6O2/c1-16-20-15-35(2)34-24(20)37(14-17-6-4-5-7-21(17)27(30,31)32)26(39)38(16)18-9-12-36(13-10-18)22-19(23(28)29)8-11-33-25(22)40-3/h4-8,11,15-16,18,23H,9-10,12-14H2,1-3H3. The molecule has 13 heteroatoms. The first-order chi connectivity index (χ1) is 19.0. The second-order valence-electron chi connectivity index (χ2n) is 9.97. The summed E-state index contributed by atoms with van der Waals surface area (Å²) in [5, 5.41) is 4.41. The summed E-state index contributed by atoms with van der Waals surface area (Å²) in [6.45, 7) is 2.29. The van der Waals surface area contributed by atoms with Gasteiger partial charge in [0.15, 0.2) is 5.82 Å². The van der Waals surface area contributed by atoms with Gasteiger partial charge in [-0.3, -0.25) is 9.58 Å². The summed E-state index contributed by atoms with van der Waals surface area (Å²) in [4.78, 5) is 22.8. The maximum absolute atomic E-state index is 13.9. The van der Waals surface area contributed by atoms with Gasteiger partial charge in [-0.15, -0.1) is 0 Å². The van der Waals surface area contributed by atoms with Crippen LogP contribution >= 0.6 is 0 Å². The Morgan fingerprint density at radius 1 is 1.12 bits per heavy atom. The van der Waals surface area contributed by atoms with Crippen LogP contribution in [-0.2, 0) is 19.8 Å². The Kier molecular flexibility index (Phi) is 7.32. The van der Waals surface area contributed by atoms with Crippen LogP contribution in [0.4, 0.5) is 38.3 Å². The van der Waals surface area contributed by atoms with Gasteiger partial charge >= 0.3 is 12.2 Å². The lowest BCUT2D eigenvalue weighted by Crippen LogP contribution is -2.55. The number of hydrogen-bond donors (Lipinski definition) is 0. The van der Waals surface area contributed by atoms with E-state index in [1.165, 1.54) is 42.5 Å². The summed E-state index contributed by atoms with van der Waals surface area (Å²) in [6.07, 6.45) is -3.33. The zero-order valence-corrected chi connectivity index (χ0v) is 22.2. The van der Waals surface area contributed by atoms with E-state index in [0.717, 1.165) is 11.6 Å². The quantitative estimate of drug-likeness (QED) is 0.346. The highest BCUT2D eigenvalue weighted by Gasteiger charge is 2.43. The third-order valence-electron chi connectivity index (χ3n) is 7.59. The lowest BCUT2D eigenvalue weighted by atomic mass is 9.97. The Labute approximate surface area is 227 Å². The number of amides is 2. The number of carbonyl (C=O) groups excluding carboxylic acids is 1. The molecule has 0 aliphatic carbocycles. The number of aryl methyl sites for hydroxylation is 1. The van der Waals surface area contributed by atoms with Gasteiger partial charge in [-0.2, -0.15) is 18.3 Å². The van der Waals surface area contributed by atoms with Crippen molar-refractivity contribution in [2.75, 3.05) is 30.0 Å². The van der Waals surface area contributed by atoms with Gasteiger partial charge in [0.25, 0.3) is 6.43 Å². The molecule has 8 nitrogen and oxygen atoms in total. The van der Waals surface area contributed by atoms with Crippen molar-refractivity contribution in [1.82, 2.24) is 19.7 Å². The smallest absolute Gasteiger partial charge is 0.416 e. The minimum atomic E-state index is -4.58. The Hall–Kier alpha value is -3.90. The Bertz CT molecular complexity index is 1390. The van der Waals surface area contributed by atoms with Gasteiger partial charge in [-0.25, -0.2) is 18.6 Å². The number of rotatable bonds is 6. The molecule has 2 aromatic heterocycles. The molecule has 4 heterocycles. The molecule has 1 aromatic carbocycles. The summed E-state index contributed by atoms with van der Waals surface area (Å²) >= 11 is 0. The van der Waals surface area contributed by atoms with Gasteiger partial charge in [0.1, 0.15) is 5.69 Å². The largest absolute Gasteiger partial charge is 0.480 e. The molecule has 1 fully saturated rings. The van der Waals surface area contributed by atoms with Crippen LogP contribution in [-0.4, -0.2) is 51.9 Å². The van der Waals surface area contributed by atoms with E-state index in [2.05, 4.69) is 10.1 Å². The van der Waals surface area contributed by atoms with E-state index in [4.69, 9.17) is 4.74 Å². The molecule has 1 atom stereocenters. The fraction of sp³-hybridized carbons (Fsp3) is 0.444. The number of aromatic nitrogens is 3. The van der Waals surface area contributed by atoms with Crippen LogP contribution in [0.15, 0.2) is 42.7 Å². The monoisotopic (exact) mass is 564 g/mol. The summed E-state index contributed by atoms with van der Waals surface area (Å²) in [5.41, 5.74) is -0.0620. The number of nitrogens with zero attached hydrogens (tertiary/aromatic N) is 6. The lowest BCUT2D eigenvalue weighted by molar-refractivity contribution is -0.138. The first-order valence-corrected chi connectivity index (χ1v) is 12.9. The summed E-state index contributed by atoms with van der Waals surface area (Å²) in [5.74, 6) is 0.431. The van der Waals surface area contributed by atoms with E-state index < -0.39 is 24.2 Å². The minimum absolute atomic E-state index is 0.0347. The third kappa shape index (κ3) is 4.92. The number of hydrogen-bond acceptors (Lipinski definition) is 5. The van der Waals surface area contributed by atoms with Gasteiger partial charge in [0.2, 0.25) is 5.88 Å². The molecule has 214 valence electrons. The van der Waals surface area contributed by atoms with E-state index in [1.807, 2.05) is 6.92 Å². The predicted octanol–water partition coefficient (Wildman–Crippen LogP) is 5.95. The highest BCUT2D eigenvalue weighted by atomic mass is 19.4. The number of fused-ring (bicyclic) bond motifs is 1. The van der Waals surface area contributed by atoms with Crippen LogP contribution in [0.3, 0.4) is 0 Å². The number of anilines is 2. The van der Waals surface area contributed by atoms with Crippen molar-refractivity contribution >= 4 is 17.5 Å². The minimum Gasteiger partial charge on any atom is -0.480 e. The number of ether oxygens (including phenoxy) is 1. The molecular formula is C27H29F5N6O2. The van der Waals surface area contributed by atoms with Gasteiger partial charge in [-0.05, 0) is 37.5 Å². The van der Waals surface area contributed by atoms with Crippen LogP contribution < -0.4 is 14.5 Å². The SMILES string of the molecule is COc1nccc(C(F)F)c1N1CCC(N2C(=O)N(Cc3ccccc3C(F)(F)F)c3nn(C)cc3C2C)CC1. The molecule has 2 amide bonds. The molecule has 40 heavy (non-hydrogen) atoms. The second kappa shape index (κ2) is 10.6. The molecule has 2 aliphatic heterocycles. The summed E-state index contributed by atoms with van der Waals surface area (Å²) < 4.78 is 75.6. The molecule has 0 spiro atoms. The molecule has 2 aliphatic rings. The molecule has 0 radical (unpaired) electrons. The van der Waals surface area contributed by atoms with Crippen LogP contribution in [0, 0.1) is 0 Å². The van der Waals surface area contributed by atoms with Crippen LogP contribution in [0.25, 0.3) is 0 Å². The van der Waals surface area contributed by atoms with Crippen molar-refractivity contribution in [2.45, 2.75) is 51.0 Å². The van der Waals surface area contributed by atoms with E-state index in [1.54, 1.807) is 27.7 Å². The molecule has 0 bridgehead atoms. The van der Waals surface area contributed by atoms with E-state index >= 15 is 0 Å². The summed E-state index contributed by atoms with van der Waals surface area (Å²) in [6, 6.07) is 5.36. The maximum atomic E-state index is 13.9. The normalized spacial score (nSPS) is 18.5. The van der Waals surface area contributed by atoms with Crippen LogP contribution in [0.1, 0.15) is 54.5 Å². The zero-order valence-electron chi connectivity index (χ0n) is 22.2. The predicted molar refractivity (Wildman–Crippen MR) is 137 cm³/mol. The highest BCUT2D eigenvalue weighted by Crippen LogP contribution is 2.42. The van der Waals surface area contributed by atoms with E-state index in [9.17, 15) is 26.7 Å². The number of benzene rings is 1. The lowest BCUT2D eigenvalue weighted by Gasteiger charge is -2.46. The van der Waals surface area contributed by atoms with Gasteiger partial charge in [-0.1, -0.05) is 18.2 Å². The first kappa shape index (κ1) is 27.7. The molecule has 3 aromatic rings. The molecule has 5 rings (SSSR count). The zero-order chi connectivity index (χ0) is 28.8. The summed E-state index contributed by atoms with van der Waals surface area (Å²) in [7, 11) is 3.07. The molecule has 1 unspecified atom stereocenters. The Morgan fingerprint density at radius 3 is 2.48 bits per heavy atom. The maximum Gasteiger partial charge on any atom is 0.416 e. The van der Waals surface area contributed by atoms with E-state index in [0.29, 0.717) is 31.7 Å². The number of methoxy groups -OCH3 is 1. The van der Waals surface area contributed by atoms with Crippen LogP contribution in [0.2, 0.25) is 0 Å². The van der Waals surface area contributed by atoms with Crippen molar-refractivity contribution in [3.05, 3.63) is 65.0 Å². The van der Waals surface area contributed by atoms with Gasteiger partial charge < -0.3 is 14.5 Å². The average molecular weight is 565 g/mol. The molecular weight excluding hydrogens is 535 g/mol. The molecule has 1 saturated heterocycles. The first-order valence-electron chi connectivity index (χ1n) is 12.9. The molecule has 0 saturated carbocycles. The van der Waals surface area contributed by atoms with Crippen molar-refractivity contribution in [3.8, 4) is 5.88 Å².